The van der Waals surface area contributed by atoms with Gasteiger partial charge in [-0.2, -0.15) is 0 Å². The molecule has 2 aromatic carbocycles. The molecule has 0 unspecified atom stereocenters. The van der Waals surface area contributed by atoms with Crippen molar-refractivity contribution in [1.29, 1.82) is 0 Å². The summed E-state index contributed by atoms with van der Waals surface area (Å²) in [5.41, 5.74) is 4.20. The molecule has 0 spiro atoms. The number of rotatable bonds is 4. The smallest absolute Gasteiger partial charge is 0.258 e. The van der Waals surface area contributed by atoms with Gasteiger partial charge in [-0.1, -0.05) is 17.7 Å². The Morgan fingerprint density at radius 3 is 2.58 bits per heavy atom. The first-order valence-corrected chi connectivity index (χ1v) is 8.37. The average molecular weight is 370 g/mol. The number of aromatic nitrogens is 1. The fraction of sp³-hybridized carbons (Fsp3) is 0.100. The normalized spacial score (nSPS) is 10.5. The maximum atomic E-state index is 13.7. The molecule has 1 amide bonds. The zero-order chi connectivity index (χ0) is 18.7. The number of carbonyl (C=O) groups is 1. The van der Waals surface area contributed by atoms with Crippen molar-refractivity contribution in [3.63, 3.8) is 0 Å². The number of carbonyl (C=O) groups excluding carboxylic acids is 1. The molecule has 2 N–H and O–H groups in total. The molecule has 0 aliphatic rings. The van der Waals surface area contributed by atoms with E-state index in [1.165, 1.54) is 24.4 Å². The van der Waals surface area contributed by atoms with E-state index in [4.69, 9.17) is 11.6 Å². The summed E-state index contributed by atoms with van der Waals surface area (Å²) in [7, 11) is 0. The minimum Gasteiger partial charge on any atom is -0.354 e. The summed E-state index contributed by atoms with van der Waals surface area (Å²) in [4.78, 5) is 16.4. The van der Waals surface area contributed by atoms with Gasteiger partial charge in [-0.05, 0) is 67.4 Å². The Morgan fingerprint density at radius 2 is 1.85 bits per heavy atom. The molecule has 26 heavy (non-hydrogen) atoms. The van der Waals surface area contributed by atoms with Crippen molar-refractivity contribution in [2.75, 3.05) is 10.6 Å². The van der Waals surface area contributed by atoms with E-state index in [9.17, 15) is 9.18 Å². The van der Waals surface area contributed by atoms with E-state index >= 15 is 0 Å². The van der Waals surface area contributed by atoms with Crippen LogP contribution in [0.25, 0.3) is 0 Å². The Bertz CT molecular complexity index is 975. The number of pyridine rings is 1. The summed E-state index contributed by atoms with van der Waals surface area (Å²) in [6.07, 6.45) is 1.50. The Hall–Kier alpha value is -2.92. The standard InChI is InChI=1S/C20H17ClFN3O/c1-12-5-7-15(10-13(12)2)24-18-11-14(22)6-8-17(18)25-20(26)16-4-3-9-23-19(16)21/h3-11,24H,1-2H3,(H,25,26). The first-order chi connectivity index (χ1) is 12.4. The van der Waals surface area contributed by atoms with Crippen LogP contribution in [-0.2, 0) is 0 Å². The Morgan fingerprint density at radius 1 is 1.04 bits per heavy atom. The van der Waals surface area contributed by atoms with Crippen LogP contribution in [0.3, 0.4) is 0 Å². The van der Waals surface area contributed by atoms with E-state index in [-0.39, 0.29) is 10.7 Å². The molecule has 0 atom stereocenters. The van der Waals surface area contributed by atoms with Gasteiger partial charge in [0.2, 0.25) is 0 Å². The van der Waals surface area contributed by atoms with E-state index in [1.54, 1.807) is 12.1 Å². The van der Waals surface area contributed by atoms with Gasteiger partial charge in [0.15, 0.2) is 0 Å². The number of benzene rings is 2. The molecular weight excluding hydrogens is 353 g/mol. The van der Waals surface area contributed by atoms with Crippen LogP contribution in [0.1, 0.15) is 21.5 Å². The summed E-state index contributed by atoms with van der Waals surface area (Å²) < 4.78 is 13.7. The van der Waals surface area contributed by atoms with Gasteiger partial charge in [-0.15, -0.1) is 0 Å². The Balaban J connectivity index is 1.89. The van der Waals surface area contributed by atoms with E-state index in [0.29, 0.717) is 11.4 Å². The molecule has 3 aromatic rings. The van der Waals surface area contributed by atoms with Gasteiger partial charge < -0.3 is 10.6 Å². The minimum atomic E-state index is -0.419. The van der Waals surface area contributed by atoms with Gasteiger partial charge in [0.25, 0.3) is 5.91 Å². The zero-order valence-corrected chi connectivity index (χ0v) is 15.1. The molecule has 0 saturated carbocycles. The predicted octanol–water partition coefficient (Wildman–Crippen LogP) is 5.49. The number of halogens is 2. The number of nitrogens with zero attached hydrogens (tertiary/aromatic N) is 1. The molecule has 6 heteroatoms. The minimum absolute atomic E-state index is 0.107. The quantitative estimate of drug-likeness (QED) is 0.598. The van der Waals surface area contributed by atoms with E-state index in [1.807, 2.05) is 32.0 Å². The van der Waals surface area contributed by atoms with Crippen LogP contribution < -0.4 is 10.6 Å². The first kappa shape index (κ1) is 17.9. The second-order valence-electron chi connectivity index (χ2n) is 5.91. The van der Waals surface area contributed by atoms with E-state index < -0.39 is 11.7 Å². The van der Waals surface area contributed by atoms with Crippen LogP contribution in [0.4, 0.5) is 21.5 Å². The Labute approximate surface area is 156 Å². The second kappa shape index (κ2) is 7.54. The summed E-state index contributed by atoms with van der Waals surface area (Å²) >= 11 is 5.96. The predicted molar refractivity (Wildman–Crippen MR) is 103 cm³/mol. The lowest BCUT2D eigenvalue weighted by Crippen LogP contribution is -2.14. The third-order valence-electron chi connectivity index (χ3n) is 4.02. The highest BCUT2D eigenvalue weighted by Crippen LogP contribution is 2.28. The van der Waals surface area contributed by atoms with Crippen molar-refractivity contribution in [1.82, 2.24) is 4.98 Å². The molecule has 0 aliphatic carbocycles. The Kier molecular flexibility index (Phi) is 5.19. The van der Waals surface area contributed by atoms with Crippen molar-refractivity contribution >= 4 is 34.6 Å². The maximum absolute atomic E-state index is 13.7. The van der Waals surface area contributed by atoms with Crippen molar-refractivity contribution in [2.24, 2.45) is 0 Å². The van der Waals surface area contributed by atoms with Gasteiger partial charge in [0.05, 0.1) is 16.9 Å². The van der Waals surface area contributed by atoms with Gasteiger partial charge in [-0.25, -0.2) is 9.37 Å². The third-order valence-corrected chi connectivity index (χ3v) is 4.32. The highest BCUT2D eigenvalue weighted by Gasteiger charge is 2.14. The molecule has 4 nitrogen and oxygen atoms in total. The second-order valence-corrected chi connectivity index (χ2v) is 6.27. The zero-order valence-electron chi connectivity index (χ0n) is 14.3. The monoisotopic (exact) mass is 369 g/mol. The van der Waals surface area contributed by atoms with Crippen LogP contribution in [0.2, 0.25) is 5.15 Å². The number of nitrogens with one attached hydrogen (secondary N) is 2. The van der Waals surface area contributed by atoms with Crippen molar-refractivity contribution < 1.29 is 9.18 Å². The van der Waals surface area contributed by atoms with E-state index in [2.05, 4.69) is 15.6 Å². The number of anilines is 3. The molecule has 0 saturated heterocycles. The number of hydrogen-bond donors (Lipinski definition) is 2. The molecule has 1 heterocycles. The van der Waals surface area contributed by atoms with Gasteiger partial charge in [0, 0.05) is 11.9 Å². The molecule has 132 valence electrons. The van der Waals surface area contributed by atoms with Crippen molar-refractivity contribution in [3.8, 4) is 0 Å². The summed E-state index contributed by atoms with van der Waals surface area (Å²) in [6.45, 7) is 4.02. The lowest BCUT2D eigenvalue weighted by atomic mass is 10.1. The largest absolute Gasteiger partial charge is 0.354 e. The van der Waals surface area contributed by atoms with Gasteiger partial charge in [-0.3, -0.25) is 4.79 Å². The molecule has 0 radical (unpaired) electrons. The summed E-state index contributed by atoms with van der Waals surface area (Å²) in [5, 5.41) is 6.01. The molecule has 0 fully saturated rings. The lowest BCUT2D eigenvalue weighted by molar-refractivity contribution is 0.102. The SMILES string of the molecule is Cc1ccc(Nc2cc(F)ccc2NC(=O)c2cccnc2Cl)cc1C. The number of amides is 1. The fourth-order valence-electron chi connectivity index (χ4n) is 2.45. The highest BCUT2D eigenvalue weighted by molar-refractivity contribution is 6.33. The fourth-order valence-corrected chi connectivity index (χ4v) is 2.65. The highest BCUT2D eigenvalue weighted by atomic mass is 35.5. The van der Waals surface area contributed by atoms with Gasteiger partial charge >= 0.3 is 0 Å². The molecule has 3 rings (SSSR count). The van der Waals surface area contributed by atoms with Gasteiger partial charge in [0.1, 0.15) is 11.0 Å². The van der Waals surface area contributed by atoms with Crippen LogP contribution in [0.5, 0.6) is 0 Å². The number of hydrogen-bond acceptors (Lipinski definition) is 3. The maximum Gasteiger partial charge on any atom is 0.258 e. The van der Waals surface area contributed by atoms with Crippen LogP contribution in [0, 0.1) is 19.7 Å². The topological polar surface area (TPSA) is 54.0 Å². The van der Waals surface area contributed by atoms with Crippen molar-refractivity contribution in [2.45, 2.75) is 13.8 Å². The molecule has 0 bridgehead atoms. The van der Waals surface area contributed by atoms with Crippen LogP contribution in [-0.4, -0.2) is 10.9 Å². The number of aryl methyl sites for hydroxylation is 2. The average Bonchev–Trinajstić information content (AvgIpc) is 2.61. The van der Waals surface area contributed by atoms with Crippen LogP contribution in [0.15, 0.2) is 54.7 Å². The third kappa shape index (κ3) is 4.00. The molecule has 0 aliphatic heterocycles. The van der Waals surface area contributed by atoms with E-state index in [0.717, 1.165) is 16.8 Å². The summed E-state index contributed by atoms with van der Waals surface area (Å²) in [5.74, 6) is -0.827. The summed E-state index contributed by atoms with van der Waals surface area (Å²) in [6, 6.07) is 13.2. The van der Waals surface area contributed by atoms with Crippen LogP contribution >= 0.6 is 11.6 Å². The molecular formula is C20H17ClFN3O. The van der Waals surface area contributed by atoms with Crippen molar-refractivity contribution in [3.05, 3.63) is 82.4 Å². The first-order valence-electron chi connectivity index (χ1n) is 8.00. The molecule has 1 aromatic heterocycles. The lowest BCUT2D eigenvalue weighted by Gasteiger charge is -2.14.